The minimum Gasteiger partial charge on any atom is -0.358 e. The Bertz CT molecular complexity index is 393. The van der Waals surface area contributed by atoms with Crippen LogP contribution in [-0.2, 0) is 16.8 Å². The lowest BCUT2D eigenvalue weighted by molar-refractivity contribution is -0.121. The van der Waals surface area contributed by atoms with Gasteiger partial charge in [0.1, 0.15) is 6.54 Å². The minimum atomic E-state index is 0.0155. The zero-order chi connectivity index (χ0) is 12.3. The molecule has 1 aliphatic heterocycles. The molecule has 0 spiro atoms. The fraction of sp³-hybridized carbons (Fsp3) is 0.667. The molecule has 1 amide bonds. The van der Waals surface area contributed by atoms with Crippen LogP contribution in [0.4, 0.5) is 0 Å². The third-order valence-electron chi connectivity index (χ3n) is 3.63. The van der Waals surface area contributed by atoms with E-state index in [1.807, 2.05) is 10.8 Å². The molecule has 5 heteroatoms. The van der Waals surface area contributed by atoms with Crippen molar-refractivity contribution in [3.8, 4) is 0 Å². The van der Waals surface area contributed by atoms with Gasteiger partial charge >= 0.3 is 0 Å². The van der Waals surface area contributed by atoms with Gasteiger partial charge in [0.05, 0.1) is 6.33 Å². The van der Waals surface area contributed by atoms with Crippen LogP contribution in [0.2, 0.25) is 0 Å². The lowest BCUT2D eigenvalue weighted by Gasteiger charge is -2.34. The van der Waals surface area contributed by atoms with Gasteiger partial charge in [-0.2, -0.15) is 0 Å². The summed E-state index contributed by atoms with van der Waals surface area (Å²) >= 11 is 0. The van der Waals surface area contributed by atoms with Crippen molar-refractivity contribution < 1.29 is 4.79 Å². The molecule has 2 heterocycles. The third kappa shape index (κ3) is 2.49. The lowest BCUT2D eigenvalue weighted by Crippen LogP contribution is -2.39. The second-order valence-corrected chi connectivity index (χ2v) is 4.89. The van der Waals surface area contributed by atoms with Crippen LogP contribution in [0, 0.1) is 0 Å². The average molecular weight is 236 g/mol. The summed E-state index contributed by atoms with van der Waals surface area (Å²) in [5, 5.41) is 6.01. The van der Waals surface area contributed by atoms with Gasteiger partial charge in [-0.1, -0.05) is 6.92 Å². The average Bonchev–Trinajstić information content (AvgIpc) is 2.78. The van der Waals surface area contributed by atoms with Crippen LogP contribution in [0.15, 0.2) is 12.5 Å². The number of carbonyl (C=O) groups is 1. The van der Waals surface area contributed by atoms with Gasteiger partial charge in [-0.15, -0.1) is 0 Å². The lowest BCUT2D eigenvalue weighted by atomic mass is 9.78. The van der Waals surface area contributed by atoms with E-state index in [9.17, 15) is 4.79 Å². The molecule has 0 aliphatic carbocycles. The zero-order valence-corrected chi connectivity index (χ0v) is 10.5. The van der Waals surface area contributed by atoms with Crippen molar-refractivity contribution in [1.82, 2.24) is 20.2 Å². The number of nitrogens with one attached hydrogen (secondary N) is 2. The number of hydrogen-bond acceptors (Lipinski definition) is 3. The molecule has 2 N–H and O–H groups in total. The standard InChI is InChI=1S/C12H20N4O/c1-12(3-5-14-6-4-12)10-7-15-9-16(10)8-11(17)13-2/h7,9,14H,3-6,8H2,1-2H3,(H,13,17). The Kier molecular flexibility index (Phi) is 3.47. The van der Waals surface area contributed by atoms with Crippen molar-refractivity contribution in [2.75, 3.05) is 20.1 Å². The summed E-state index contributed by atoms with van der Waals surface area (Å²) in [5.41, 5.74) is 1.30. The van der Waals surface area contributed by atoms with Crippen LogP contribution in [0.25, 0.3) is 0 Å². The number of amides is 1. The van der Waals surface area contributed by atoms with Crippen molar-refractivity contribution in [3.05, 3.63) is 18.2 Å². The first-order valence-electron chi connectivity index (χ1n) is 6.07. The van der Waals surface area contributed by atoms with E-state index in [1.165, 1.54) is 5.69 Å². The normalized spacial score (nSPS) is 18.9. The highest BCUT2D eigenvalue weighted by Crippen LogP contribution is 2.32. The molecule has 0 saturated carbocycles. The summed E-state index contributed by atoms with van der Waals surface area (Å²) in [6.45, 7) is 4.67. The van der Waals surface area contributed by atoms with Crippen molar-refractivity contribution in [3.63, 3.8) is 0 Å². The van der Waals surface area contributed by atoms with Gasteiger partial charge < -0.3 is 15.2 Å². The van der Waals surface area contributed by atoms with Crippen LogP contribution in [0.1, 0.15) is 25.5 Å². The van der Waals surface area contributed by atoms with Crippen molar-refractivity contribution >= 4 is 5.91 Å². The molecule has 2 rings (SSSR count). The van der Waals surface area contributed by atoms with E-state index in [0.717, 1.165) is 25.9 Å². The van der Waals surface area contributed by atoms with Crippen molar-refractivity contribution in [1.29, 1.82) is 0 Å². The van der Waals surface area contributed by atoms with Gasteiger partial charge in [-0.3, -0.25) is 4.79 Å². The molecule has 1 saturated heterocycles. The first-order valence-corrected chi connectivity index (χ1v) is 6.07. The highest BCUT2D eigenvalue weighted by molar-refractivity contribution is 5.75. The van der Waals surface area contributed by atoms with Crippen LogP contribution >= 0.6 is 0 Å². The quantitative estimate of drug-likeness (QED) is 0.792. The molecule has 17 heavy (non-hydrogen) atoms. The van der Waals surface area contributed by atoms with Gasteiger partial charge in [0.2, 0.25) is 5.91 Å². The number of imidazole rings is 1. The maximum atomic E-state index is 11.4. The number of rotatable bonds is 3. The van der Waals surface area contributed by atoms with Gasteiger partial charge in [-0.25, -0.2) is 4.98 Å². The molecule has 0 radical (unpaired) electrons. The topological polar surface area (TPSA) is 59.0 Å². The fourth-order valence-electron chi connectivity index (χ4n) is 2.42. The molecule has 1 fully saturated rings. The van der Waals surface area contributed by atoms with E-state index in [1.54, 1.807) is 13.4 Å². The Morgan fingerprint density at radius 3 is 2.94 bits per heavy atom. The van der Waals surface area contributed by atoms with E-state index >= 15 is 0 Å². The SMILES string of the molecule is CNC(=O)Cn1cncc1C1(C)CCNCC1. The van der Waals surface area contributed by atoms with Crippen LogP contribution in [0.5, 0.6) is 0 Å². The maximum Gasteiger partial charge on any atom is 0.239 e. The van der Waals surface area contributed by atoms with Gasteiger partial charge in [-0.05, 0) is 25.9 Å². The summed E-state index contributed by atoms with van der Waals surface area (Å²) in [7, 11) is 1.66. The Labute approximate surface area is 102 Å². The number of likely N-dealkylation sites (N-methyl/N-ethyl adjacent to an activating group) is 1. The van der Waals surface area contributed by atoms with Gasteiger partial charge in [0.15, 0.2) is 0 Å². The summed E-state index contributed by atoms with van der Waals surface area (Å²) in [4.78, 5) is 15.6. The van der Waals surface area contributed by atoms with E-state index in [4.69, 9.17) is 0 Å². The van der Waals surface area contributed by atoms with Crippen LogP contribution < -0.4 is 10.6 Å². The predicted octanol–water partition coefficient (Wildman–Crippen LogP) is 0.270. The fourth-order valence-corrected chi connectivity index (χ4v) is 2.42. The van der Waals surface area contributed by atoms with Crippen LogP contribution in [-0.4, -0.2) is 35.6 Å². The predicted molar refractivity (Wildman–Crippen MR) is 65.7 cm³/mol. The Morgan fingerprint density at radius 1 is 1.59 bits per heavy atom. The number of aromatic nitrogens is 2. The first kappa shape index (κ1) is 12.1. The van der Waals surface area contributed by atoms with Crippen molar-refractivity contribution in [2.24, 2.45) is 0 Å². The molecule has 0 atom stereocenters. The summed E-state index contributed by atoms with van der Waals surface area (Å²) in [6, 6.07) is 0. The minimum absolute atomic E-state index is 0.0155. The smallest absolute Gasteiger partial charge is 0.239 e. The molecule has 5 nitrogen and oxygen atoms in total. The van der Waals surface area contributed by atoms with E-state index in [-0.39, 0.29) is 11.3 Å². The molecular formula is C12H20N4O. The molecule has 1 aromatic rings. The molecule has 0 unspecified atom stereocenters. The highest BCUT2D eigenvalue weighted by atomic mass is 16.1. The second kappa shape index (κ2) is 4.87. The first-order chi connectivity index (χ1) is 8.15. The summed E-state index contributed by atoms with van der Waals surface area (Å²) in [5.74, 6) is 0.0155. The van der Waals surface area contributed by atoms with Crippen molar-refractivity contribution in [2.45, 2.75) is 31.7 Å². The molecule has 0 bridgehead atoms. The molecular weight excluding hydrogens is 216 g/mol. The number of carbonyl (C=O) groups excluding carboxylic acids is 1. The van der Waals surface area contributed by atoms with Crippen LogP contribution in [0.3, 0.4) is 0 Å². The maximum absolute atomic E-state index is 11.4. The summed E-state index contributed by atoms with van der Waals surface area (Å²) in [6.07, 6.45) is 5.82. The number of piperidine rings is 1. The van der Waals surface area contributed by atoms with E-state index in [2.05, 4.69) is 22.5 Å². The second-order valence-electron chi connectivity index (χ2n) is 4.89. The number of hydrogen-bond donors (Lipinski definition) is 2. The van der Waals surface area contributed by atoms with E-state index in [0.29, 0.717) is 6.54 Å². The van der Waals surface area contributed by atoms with Gasteiger partial charge in [0.25, 0.3) is 0 Å². The molecule has 94 valence electrons. The van der Waals surface area contributed by atoms with E-state index < -0.39 is 0 Å². The zero-order valence-electron chi connectivity index (χ0n) is 10.5. The third-order valence-corrected chi connectivity index (χ3v) is 3.63. The molecule has 0 aromatic carbocycles. The Balaban J connectivity index is 2.20. The largest absolute Gasteiger partial charge is 0.358 e. The monoisotopic (exact) mass is 236 g/mol. The van der Waals surface area contributed by atoms with Gasteiger partial charge in [0, 0.05) is 24.4 Å². The Hall–Kier alpha value is -1.36. The molecule has 1 aliphatic rings. The Morgan fingerprint density at radius 2 is 2.29 bits per heavy atom. The number of nitrogens with zero attached hydrogens (tertiary/aromatic N) is 2. The summed E-state index contributed by atoms with van der Waals surface area (Å²) < 4.78 is 1.96. The molecule has 1 aromatic heterocycles. The highest BCUT2D eigenvalue weighted by Gasteiger charge is 2.31.